The second-order valence-electron chi connectivity index (χ2n) is 4.81. The van der Waals surface area contributed by atoms with E-state index < -0.39 is 5.97 Å². The normalized spacial score (nSPS) is 20.3. The van der Waals surface area contributed by atoms with Crippen LogP contribution in [0.15, 0.2) is 24.4 Å². The zero-order valence-corrected chi connectivity index (χ0v) is 10.5. The van der Waals surface area contributed by atoms with Gasteiger partial charge in [0.25, 0.3) is 0 Å². The molecule has 1 aliphatic rings. The average Bonchev–Trinajstić information content (AvgIpc) is 2.37. The number of carbonyl (C=O) groups is 1. The summed E-state index contributed by atoms with van der Waals surface area (Å²) in [6, 6.07) is 3.86. The third-order valence-corrected chi connectivity index (χ3v) is 3.17. The van der Waals surface area contributed by atoms with Gasteiger partial charge in [0, 0.05) is 25.4 Å². The van der Waals surface area contributed by atoms with Crippen molar-refractivity contribution >= 4 is 17.9 Å². The molecule has 18 heavy (non-hydrogen) atoms. The minimum atomic E-state index is -0.941. The Kier molecular flexibility index (Phi) is 3.97. The van der Waals surface area contributed by atoms with Gasteiger partial charge in [0.2, 0.25) is 0 Å². The van der Waals surface area contributed by atoms with Gasteiger partial charge in [-0.1, -0.05) is 6.92 Å². The molecular weight excluding hydrogens is 228 g/mol. The van der Waals surface area contributed by atoms with E-state index >= 15 is 0 Å². The van der Waals surface area contributed by atoms with Gasteiger partial charge < -0.3 is 10.0 Å². The summed E-state index contributed by atoms with van der Waals surface area (Å²) < 4.78 is 0. The molecule has 1 aliphatic heterocycles. The quantitative estimate of drug-likeness (QED) is 0.832. The highest BCUT2D eigenvalue weighted by molar-refractivity contribution is 5.85. The molecule has 0 aromatic carbocycles. The molecular formula is C14H18N2O2. The minimum Gasteiger partial charge on any atom is -0.478 e. The van der Waals surface area contributed by atoms with Gasteiger partial charge in [-0.15, -0.1) is 0 Å². The van der Waals surface area contributed by atoms with Crippen LogP contribution in [-0.2, 0) is 4.79 Å². The standard InChI is InChI=1S/C14H18N2O2/c1-11-3-2-8-16(10-11)13-6-4-12(9-15-13)5-7-14(17)18/h4-7,9,11H,2-3,8,10H2,1H3,(H,17,18)/b7-5+. The van der Waals surface area contributed by atoms with Crippen LogP contribution in [0.1, 0.15) is 25.3 Å². The van der Waals surface area contributed by atoms with Crippen LogP contribution < -0.4 is 4.90 Å². The first-order valence-electron chi connectivity index (χ1n) is 6.27. The lowest BCUT2D eigenvalue weighted by atomic mass is 10.0. The number of hydrogen-bond donors (Lipinski definition) is 1. The first-order chi connectivity index (χ1) is 8.65. The topological polar surface area (TPSA) is 53.4 Å². The molecule has 0 bridgehead atoms. The fraction of sp³-hybridized carbons (Fsp3) is 0.429. The van der Waals surface area contributed by atoms with Crippen LogP contribution in [0.25, 0.3) is 6.08 Å². The van der Waals surface area contributed by atoms with Crippen molar-refractivity contribution in [1.29, 1.82) is 0 Å². The van der Waals surface area contributed by atoms with Crippen molar-refractivity contribution in [2.24, 2.45) is 5.92 Å². The second-order valence-corrected chi connectivity index (χ2v) is 4.81. The highest BCUT2D eigenvalue weighted by Gasteiger charge is 2.16. The maximum Gasteiger partial charge on any atom is 0.328 e. The van der Waals surface area contributed by atoms with Crippen LogP contribution in [0, 0.1) is 5.92 Å². The van der Waals surface area contributed by atoms with E-state index in [1.807, 2.05) is 12.1 Å². The summed E-state index contributed by atoms with van der Waals surface area (Å²) in [7, 11) is 0. The van der Waals surface area contributed by atoms with E-state index in [9.17, 15) is 4.79 Å². The maximum atomic E-state index is 10.4. The first-order valence-corrected chi connectivity index (χ1v) is 6.27. The van der Waals surface area contributed by atoms with Gasteiger partial charge >= 0.3 is 5.97 Å². The highest BCUT2D eigenvalue weighted by Crippen LogP contribution is 2.21. The summed E-state index contributed by atoms with van der Waals surface area (Å²) >= 11 is 0. The Labute approximate surface area is 107 Å². The van der Waals surface area contributed by atoms with Crippen molar-refractivity contribution in [3.8, 4) is 0 Å². The number of carboxylic acid groups (broad SMARTS) is 1. The molecule has 2 rings (SSSR count). The highest BCUT2D eigenvalue weighted by atomic mass is 16.4. The number of piperidine rings is 1. The largest absolute Gasteiger partial charge is 0.478 e. The number of aliphatic carboxylic acids is 1. The maximum absolute atomic E-state index is 10.4. The number of rotatable bonds is 3. The molecule has 1 saturated heterocycles. The van der Waals surface area contributed by atoms with Crippen molar-refractivity contribution < 1.29 is 9.90 Å². The van der Waals surface area contributed by atoms with Gasteiger partial charge in [-0.25, -0.2) is 9.78 Å². The minimum absolute atomic E-state index is 0.715. The number of aromatic nitrogens is 1. The molecule has 0 aliphatic carbocycles. The van der Waals surface area contributed by atoms with Gasteiger partial charge in [0.05, 0.1) is 0 Å². The van der Waals surface area contributed by atoms with E-state index in [0.717, 1.165) is 30.5 Å². The lowest BCUT2D eigenvalue weighted by Gasteiger charge is -2.31. The molecule has 0 saturated carbocycles. The molecule has 1 aromatic rings. The molecule has 1 atom stereocenters. The fourth-order valence-corrected chi connectivity index (χ4v) is 2.25. The third kappa shape index (κ3) is 3.32. The van der Waals surface area contributed by atoms with Crippen LogP contribution >= 0.6 is 0 Å². The van der Waals surface area contributed by atoms with E-state index in [-0.39, 0.29) is 0 Å². The van der Waals surface area contributed by atoms with Crippen molar-refractivity contribution in [2.75, 3.05) is 18.0 Å². The molecule has 1 unspecified atom stereocenters. The summed E-state index contributed by atoms with van der Waals surface area (Å²) in [5.74, 6) is 0.755. The monoisotopic (exact) mass is 246 g/mol. The molecule has 0 radical (unpaired) electrons. The zero-order valence-electron chi connectivity index (χ0n) is 10.5. The van der Waals surface area contributed by atoms with Crippen LogP contribution in [0.5, 0.6) is 0 Å². The Morgan fingerprint density at radius 3 is 3.00 bits per heavy atom. The van der Waals surface area contributed by atoms with Gasteiger partial charge in [-0.3, -0.25) is 0 Å². The molecule has 4 heteroatoms. The number of anilines is 1. The lowest BCUT2D eigenvalue weighted by molar-refractivity contribution is -0.131. The smallest absolute Gasteiger partial charge is 0.328 e. The zero-order chi connectivity index (χ0) is 13.0. The molecule has 1 N–H and O–H groups in total. The molecule has 2 heterocycles. The fourth-order valence-electron chi connectivity index (χ4n) is 2.25. The van der Waals surface area contributed by atoms with Crippen LogP contribution in [0.3, 0.4) is 0 Å². The predicted molar refractivity (Wildman–Crippen MR) is 71.5 cm³/mol. The van der Waals surface area contributed by atoms with E-state index in [1.165, 1.54) is 12.8 Å². The molecule has 1 fully saturated rings. The summed E-state index contributed by atoms with van der Waals surface area (Å²) in [6.07, 6.45) is 6.89. The Bertz CT molecular complexity index is 440. The van der Waals surface area contributed by atoms with Crippen molar-refractivity contribution in [1.82, 2.24) is 4.98 Å². The van der Waals surface area contributed by atoms with Crippen LogP contribution in [-0.4, -0.2) is 29.1 Å². The third-order valence-electron chi connectivity index (χ3n) is 3.17. The number of carboxylic acids is 1. The second kappa shape index (κ2) is 5.67. The van der Waals surface area contributed by atoms with Crippen molar-refractivity contribution in [2.45, 2.75) is 19.8 Å². The summed E-state index contributed by atoms with van der Waals surface area (Å²) in [6.45, 7) is 4.37. The van der Waals surface area contributed by atoms with Crippen LogP contribution in [0.4, 0.5) is 5.82 Å². The molecule has 0 amide bonds. The Morgan fingerprint density at radius 2 is 2.39 bits per heavy atom. The lowest BCUT2D eigenvalue weighted by Crippen LogP contribution is -2.34. The van der Waals surface area contributed by atoms with Gasteiger partial charge in [0.1, 0.15) is 5.82 Å². The number of pyridine rings is 1. The Morgan fingerprint density at radius 1 is 1.56 bits per heavy atom. The summed E-state index contributed by atoms with van der Waals surface area (Å²) in [5, 5.41) is 8.55. The SMILES string of the molecule is CC1CCCN(c2ccc(/C=C/C(=O)O)cn2)C1. The Balaban J connectivity index is 2.05. The van der Waals surface area contributed by atoms with Gasteiger partial charge in [-0.05, 0) is 42.5 Å². The van der Waals surface area contributed by atoms with E-state index in [2.05, 4.69) is 16.8 Å². The Hall–Kier alpha value is -1.84. The predicted octanol–water partition coefficient (Wildman–Crippen LogP) is 2.42. The van der Waals surface area contributed by atoms with Crippen LogP contribution in [0.2, 0.25) is 0 Å². The summed E-state index contributed by atoms with van der Waals surface area (Å²) in [5.41, 5.74) is 0.811. The van der Waals surface area contributed by atoms with Gasteiger partial charge in [0.15, 0.2) is 0 Å². The van der Waals surface area contributed by atoms with E-state index in [0.29, 0.717) is 5.92 Å². The molecule has 1 aromatic heterocycles. The molecule has 4 nitrogen and oxygen atoms in total. The number of hydrogen-bond acceptors (Lipinski definition) is 3. The van der Waals surface area contributed by atoms with Crippen molar-refractivity contribution in [3.05, 3.63) is 30.0 Å². The molecule has 0 spiro atoms. The van der Waals surface area contributed by atoms with E-state index in [4.69, 9.17) is 5.11 Å². The number of nitrogens with zero attached hydrogens (tertiary/aromatic N) is 2. The van der Waals surface area contributed by atoms with Crippen molar-refractivity contribution in [3.63, 3.8) is 0 Å². The molecule has 96 valence electrons. The summed E-state index contributed by atoms with van der Waals surface area (Å²) in [4.78, 5) is 17.1. The van der Waals surface area contributed by atoms with Gasteiger partial charge in [-0.2, -0.15) is 0 Å². The first kappa shape index (κ1) is 12.6. The van der Waals surface area contributed by atoms with E-state index in [1.54, 1.807) is 12.3 Å². The average molecular weight is 246 g/mol.